The van der Waals surface area contributed by atoms with E-state index in [9.17, 15) is 20.3 Å². The van der Waals surface area contributed by atoms with Crippen LogP contribution in [0.25, 0.3) is 0 Å². The quantitative estimate of drug-likeness (QED) is 0.188. The number of hydrogen-bond donors (Lipinski definition) is 6. The molecule has 0 aliphatic carbocycles. The summed E-state index contributed by atoms with van der Waals surface area (Å²) < 4.78 is 5.18. The lowest BCUT2D eigenvalue weighted by molar-refractivity contribution is -0.113. The van der Waals surface area contributed by atoms with Gasteiger partial charge in [0.2, 0.25) is 11.6 Å². The molecule has 0 aromatic rings. The Balaban J connectivity index is 3.23. The molecule has 4 atom stereocenters. The fourth-order valence-electron chi connectivity index (χ4n) is 1.89. The molecule has 1 heterocycles. The number of ether oxygens (including phenoxy) is 1. The fraction of sp³-hybridized carbons (Fsp3) is 0.545. The van der Waals surface area contributed by atoms with Crippen LogP contribution >= 0.6 is 0 Å². The SMILES string of the molecule is C[C@]1(C#N)[C@H](N=C(NO)NC(=O)C=N)O[C@](C#N)(CO)[C@H]1O. The van der Waals surface area contributed by atoms with Gasteiger partial charge >= 0.3 is 0 Å². The number of carbonyl (C=O) groups excluding carboxylic acids is 1. The lowest BCUT2D eigenvalue weighted by Crippen LogP contribution is -2.46. The molecule has 0 spiro atoms. The van der Waals surface area contributed by atoms with Gasteiger partial charge < -0.3 is 20.4 Å². The minimum Gasteiger partial charge on any atom is -0.392 e. The standard InChI is InChI=1S/C11H14N6O5/c1-10(3-13)7(20)11(4-14,5-18)22-8(10)16-9(17-21)15-6(19)2-12/h2,7-8,12,18,20-21H,5H2,1H3,(H2,15,16,17,19)/t7-,8+,10+,11+/m0/s1. The van der Waals surface area contributed by atoms with Gasteiger partial charge in [-0.1, -0.05) is 0 Å². The van der Waals surface area contributed by atoms with Gasteiger partial charge in [-0.3, -0.25) is 15.3 Å². The summed E-state index contributed by atoms with van der Waals surface area (Å²) in [7, 11) is 0. The number of guanidine groups is 1. The highest BCUT2D eigenvalue weighted by Gasteiger charge is 2.63. The van der Waals surface area contributed by atoms with Crippen LogP contribution in [0.5, 0.6) is 0 Å². The van der Waals surface area contributed by atoms with Crippen molar-refractivity contribution in [2.45, 2.75) is 24.9 Å². The molecule has 0 aromatic heterocycles. The van der Waals surface area contributed by atoms with Crippen LogP contribution in [0.2, 0.25) is 0 Å². The Kier molecular flexibility index (Phi) is 5.14. The average Bonchev–Trinajstić information content (AvgIpc) is 2.76. The third-order valence-electron chi connectivity index (χ3n) is 3.23. The molecule has 1 fully saturated rings. The zero-order valence-electron chi connectivity index (χ0n) is 11.4. The van der Waals surface area contributed by atoms with E-state index in [-0.39, 0.29) is 0 Å². The first-order valence-electron chi connectivity index (χ1n) is 5.92. The lowest BCUT2D eigenvalue weighted by Gasteiger charge is -2.24. The van der Waals surface area contributed by atoms with Gasteiger partial charge in [-0.2, -0.15) is 10.5 Å². The monoisotopic (exact) mass is 310 g/mol. The number of amides is 1. The van der Waals surface area contributed by atoms with Crippen molar-refractivity contribution >= 4 is 18.1 Å². The number of aliphatic hydroxyl groups is 2. The maximum atomic E-state index is 11.1. The Bertz CT molecular complexity index is 581. The summed E-state index contributed by atoms with van der Waals surface area (Å²) in [5.41, 5.74) is -2.26. The molecule has 1 aliphatic rings. The average molecular weight is 310 g/mol. The second-order valence-electron chi connectivity index (χ2n) is 4.65. The molecular formula is C11H14N6O5. The number of nitrogens with one attached hydrogen (secondary N) is 3. The highest BCUT2D eigenvalue weighted by molar-refractivity contribution is 6.28. The van der Waals surface area contributed by atoms with Crippen molar-refractivity contribution < 1.29 is 25.0 Å². The molecule has 6 N–H and O–H groups in total. The Labute approximate surface area is 124 Å². The normalized spacial score (nSPS) is 34.4. The number of rotatable bonds is 3. The maximum Gasteiger partial charge on any atom is 0.268 e. The summed E-state index contributed by atoms with van der Waals surface area (Å²) >= 11 is 0. The van der Waals surface area contributed by atoms with E-state index in [1.165, 1.54) is 12.4 Å². The Morgan fingerprint density at radius 3 is 2.59 bits per heavy atom. The molecule has 0 aromatic carbocycles. The maximum absolute atomic E-state index is 11.1. The highest BCUT2D eigenvalue weighted by atomic mass is 16.6. The highest BCUT2D eigenvalue weighted by Crippen LogP contribution is 2.44. The van der Waals surface area contributed by atoms with Crippen LogP contribution in [0.1, 0.15) is 6.92 Å². The predicted molar refractivity (Wildman–Crippen MR) is 69.3 cm³/mol. The van der Waals surface area contributed by atoms with Gasteiger partial charge in [0.1, 0.15) is 17.6 Å². The number of aliphatic imine (C=N–C) groups is 1. The van der Waals surface area contributed by atoms with Crippen LogP contribution in [0.4, 0.5) is 0 Å². The van der Waals surface area contributed by atoms with Gasteiger partial charge in [-0.05, 0) is 6.92 Å². The summed E-state index contributed by atoms with van der Waals surface area (Å²) in [5.74, 6) is -1.48. The van der Waals surface area contributed by atoms with E-state index in [4.69, 9.17) is 20.6 Å². The molecule has 0 radical (unpaired) electrons. The molecule has 22 heavy (non-hydrogen) atoms. The van der Waals surface area contributed by atoms with Crippen molar-refractivity contribution in [3.05, 3.63) is 0 Å². The van der Waals surface area contributed by atoms with E-state index in [0.717, 1.165) is 0 Å². The van der Waals surface area contributed by atoms with Crippen molar-refractivity contribution in [1.29, 1.82) is 15.9 Å². The van der Waals surface area contributed by atoms with Crippen LogP contribution in [0.15, 0.2) is 4.99 Å². The van der Waals surface area contributed by atoms with Crippen molar-refractivity contribution in [2.75, 3.05) is 6.61 Å². The summed E-state index contributed by atoms with van der Waals surface area (Å²) in [4.78, 5) is 14.8. The Morgan fingerprint density at radius 1 is 1.55 bits per heavy atom. The minimum atomic E-state index is -2.06. The van der Waals surface area contributed by atoms with Gasteiger partial charge in [0.05, 0.1) is 18.9 Å². The zero-order valence-corrected chi connectivity index (χ0v) is 11.4. The largest absolute Gasteiger partial charge is 0.392 e. The molecule has 0 saturated carbocycles. The van der Waals surface area contributed by atoms with Gasteiger partial charge in [-0.15, -0.1) is 0 Å². The van der Waals surface area contributed by atoms with Crippen molar-refractivity contribution in [3.8, 4) is 12.1 Å². The molecule has 11 nitrogen and oxygen atoms in total. The Morgan fingerprint density at radius 2 is 2.18 bits per heavy atom. The second-order valence-corrected chi connectivity index (χ2v) is 4.65. The summed E-state index contributed by atoms with van der Waals surface area (Å²) in [6.45, 7) is 0.358. The van der Waals surface area contributed by atoms with Crippen LogP contribution in [0, 0.1) is 33.5 Å². The van der Waals surface area contributed by atoms with Crippen molar-refractivity contribution in [3.63, 3.8) is 0 Å². The molecule has 0 unspecified atom stereocenters. The Hall–Kier alpha value is -2.57. The number of aliphatic hydroxyl groups excluding tert-OH is 2. The van der Waals surface area contributed by atoms with E-state index in [0.29, 0.717) is 6.21 Å². The molecule has 1 amide bonds. The predicted octanol–water partition coefficient (Wildman–Crippen LogP) is -2.41. The van der Waals surface area contributed by atoms with Crippen molar-refractivity contribution in [1.82, 2.24) is 10.8 Å². The second kappa shape index (κ2) is 6.46. The van der Waals surface area contributed by atoms with E-state index < -0.39 is 41.8 Å². The summed E-state index contributed by atoms with van der Waals surface area (Å²) in [5, 5.41) is 55.4. The van der Waals surface area contributed by atoms with Gasteiger partial charge in [-0.25, -0.2) is 10.5 Å². The smallest absolute Gasteiger partial charge is 0.268 e. The molecule has 0 bridgehead atoms. The van der Waals surface area contributed by atoms with E-state index in [1.807, 2.05) is 5.32 Å². The van der Waals surface area contributed by atoms with Crippen LogP contribution < -0.4 is 10.8 Å². The van der Waals surface area contributed by atoms with E-state index in [2.05, 4.69) is 4.99 Å². The van der Waals surface area contributed by atoms with Gasteiger partial charge in [0, 0.05) is 0 Å². The van der Waals surface area contributed by atoms with Crippen LogP contribution in [-0.4, -0.2) is 58.0 Å². The number of nitrogens with zero attached hydrogens (tertiary/aromatic N) is 3. The number of hydrogen-bond acceptors (Lipinski definition) is 9. The van der Waals surface area contributed by atoms with E-state index >= 15 is 0 Å². The fourth-order valence-corrected chi connectivity index (χ4v) is 1.89. The third kappa shape index (κ3) is 2.74. The lowest BCUT2D eigenvalue weighted by atomic mass is 9.79. The minimum absolute atomic E-state index is 0.411. The first-order valence-corrected chi connectivity index (χ1v) is 5.92. The first-order chi connectivity index (χ1) is 10.3. The zero-order chi connectivity index (χ0) is 17.0. The summed E-state index contributed by atoms with van der Waals surface area (Å²) in [6, 6.07) is 3.34. The van der Waals surface area contributed by atoms with Gasteiger partial charge in [0.25, 0.3) is 5.91 Å². The molecule has 11 heteroatoms. The molecule has 1 saturated heterocycles. The number of nitriles is 2. The van der Waals surface area contributed by atoms with Crippen LogP contribution in [-0.2, 0) is 9.53 Å². The van der Waals surface area contributed by atoms with Crippen LogP contribution in [0.3, 0.4) is 0 Å². The van der Waals surface area contributed by atoms with E-state index in [1.54, 1.807) is 12.1 Å². The topological polar surface area (TPSA) is 195 Å². The number of carbonyl (C=O) groups is 1. The third-order valence-corrected chi connectivity index (χ3v) is 3.23. The molecule has 118 valence electrons. The molecule has 1 rings (SSSR count). The van der Waals surface area contributed by atoms with Crippen molar-refractivity contribution in [2.24, 2.45) is 10.4 Å². The van der Waals surface area contributed by atoms with Gasteiger partial charge in [0.15, 0.2) is 6.23 Å². The molecule has 1 aliphatic heterocycles. The number of hydroxylamine groups is 1. The first kappa shape index (κ1) is 17.5. The summed E-state index contributed by atoms with van der Waals surface area (Å²) in [6.07, 6.45) is -2.75. The molecular weight excluding hydrogens is 296 g/mol.